The molecule has 2 aromatic heterocycles. The average Bonchev–Trinajstić information content (AvgIpc) is 3.17. The number of halogens is 1. The number of nitrogens with zero attached hydrogens (tertiary/aromatic N) is 2. The summed E-state index contributed by atoms with van der Waals surface area (Å²) in [5.41, 5.74) is 1.85. The van der Waals surface area contributed by atoms with Crippen molar-refractivity contribution < 1.29 is 8.42 Å². The van der Waals surface area contributed by atoms with Gasteiger partial charge in [0, 0.05) is 29.6 Å². The van der Waals surface area contributed by atoms with Gasteiger partial charge in [-0.05, 0) is 25.8 Å². The zero-order chi connectivity index (χ0) is 14.3. The summed E-state index contributed by atoms with van der Waals surface area (Å²) in [7, 11) is -3.73. The molecule has 20 heavy (non-hydrogen) atoms. The van der Waals surface area contributed by atoms with Gasteiger partial charge in [-0.25, -0.2) is 8.42 Å². The lowest BCUT2D eigenvalue weighted by Gasteiger charge is -2.06. The predicted molar refractivity (Wildman–Crippen MR) is 75.4 cm³/mol. The Labute approximate surface area is 121 Å². The van der Waals surface area contributed by atoms with E-state index >= 15 is 0 Å². The first kappa shape index (κ1) is 13.4. The fourth-order valence-electron chi connectivity index (χ4n) is 2.01. The van der Waals surface area contributed by atoms with Gasteiger partial charge < -0.3 is 0 Å². The number of aromatic nitrogens is 3. The quantitative estimate of drug-likeness (QED) is 0.907. The van der Waals surface area contributed by atoms with E-state index in [-0.39, 0.29) is 9.92 Å². The van der Waals surface area contributed by atoms with E-state index in [1.54, 1.807) is 0 Å². The molecule has 0 bridgehead atoms. The van der Waals surface area contributed by atoms with Crippen molar-refractivity contribution in [2.24, 2.45) is 0 Å². The van der Waals surface area contributed by atoms with Crippen molar-refractivity contribution >= 4 is 27.4 Å². The van der Waals surface area contributed by atoms with Gasteiger partial charge in [-0.2, -0.15) is 5.10 Å². The summed E-state index contributed by atoms with van der Waals surface area (Å²) in [6.45, 7) is 1.85. The Morgan fingerprint density at radius 3 is 2.80 bits per heavy atom. The van der Waals surface area contributed by atoms with Crippen molar-refractivity contribution in [3.05, 3.63) is 34.7 Å². The minimum absolute atomic E-state index is 0.0142. The molecule has 0 spiro atoms. The fraction of sp³-hybridized carbons (Fsp3) is 0.333. The van der Waals surface area contributed by atoms with E-state index in [0.717, 1.165) is 24.1 Å². The van der Waals surface area contributed by atoms with E-state index in [2.05, 4.69) is 19.9 Å². The van der Waals surface area contributed by atoms with E-state index in [9.17, 15) is 8.42 Å². The van der Waals surface area contributed by atoms with Gasteiger partial charge in [0.05, 0.1) is 5.02 Å². The molecule has 2 aromatic rings. The molecule has 0 saturated heterocycles. The van der Waals surface area contributed by atoms with Crippen LogP contribution in [0.25, 0.3) is 0 Å². The minimum atomic E-state index is -3.73. The lowest BCUT2D eigenvalue weighted by molar-refractivity contribution is 0.600. The molecule has 0 aliphatic heterocycles. The number of rotatable bonds is 4. The number of H-pyrrole nitrogens is 1. The molecule has 0 atom stereocenters. The molecule has 6 nitrogen and oxygen atoms in total. The van der Waals surface area contributed by atoms with Gasteiger partial charge in [0.1, 0.15) is 4.90 Å². The maximum Gasteiger partial charge on any atom is 0.264 e. The van der Waals surface area contributed by atoms with Crippen molar-refractivity contribution in [1.29, 1.82) is 0 Å². The summed E-state index contributed by atoms with van der Waals surface area (Å²) in [5.74, 6) is 0.806. The lowest BCUT2D eigenvalue weighted by atomic mass is 10.2. The van der Waals surface area contributed by atoms with Gasteiger partial charge >= 0.3 is 0 Å². The minimum Gasteiger partial charge on any atom is -0.280 e. The van der Waals surface area contributed by atoms with Crippen LogP contribution in [0.3, 0.4) is 0 Å². The number of nitrogens with one attached hydrogen (secondary N) is 2. The Kier molecular flexibility index (Phi) is 3.18. The summed E-state index contributed by atoms with van der Waals surface area (Å²) in [6, 6.07) is 1.35. The van der Waals surface area contributed by atoms with Crippen LogP contribution in [0.15, 0.2) is 23.4 Å². The zero-order valence-electron chi connectivity index (χ0n) is 10.7. The van der Waals surface area contributed by atoms with Crippen LogP contribution in [-0.4, -0.2) is 23.6 Å². The molecule has 3 rings (SSSR count). The van der Waals surface area contributed by atoms with Gasteiger partial charge in [0.25, 0.3) is 10.0 Å². The number of hydrogen-bond donors (Lipinski definition) is 2. The molecule has 1 fully saturated rings. The maximum absolute atomic E-state index is 12.2. The molecule has 1 aliphatic carbocycles. The van der Waals surface area contributed by atoms with Gasteiger partial charge in [0.2, 0.25) is 0 Å². The van der Waals surface area contributed by atoms with Gasteiger partial charge in [0.15, 0.2) is 5.82 Å². The third kappa shape index (κ3) is 2.51. The van der Waals surface area contributed by atoms with Crippen molar-refractivity contribution in [3.8, 4) is 0 Å². The molecule has 2 heterocycles. The Bertz CT molecular complexity index is 753. The Balaban J connectivity index is 1.90. The van der Waals surface area contributed by atoms with Gasteiger partial charge in [-0.1, -0.05) is 11.6 Å². The van der Waals surface area contributed by atoms with E-state index in [1.165, 1.54) is 18.5 Å². The second-order valence-electron chi connectivity index (χ2n) is 4.83. The zero-order valence-corrected chi connectivity index (χ0v) is 12.3. The van der Waals surface area contributed by atoms with Gasteiger partial charge in [-0.3, -0.25) is 14.8 Å². The Morgan fingerprint density at radius 1 is 1.40 bits per heavy atom. The van der Waals surface area contributed by atoms with Crippen LogP contribution in [0.5, 0.6) is 0 Å². The van der Waals surface area contributed by atoms with E-state index in [1.807, 2.05) is 6.92 Å². The summed E-state index contributed by atoms with van der Waals surface area (Å²) < 4.78 is 26.9. The molecule has 1 saturated carbocycles. The molecule has 0 radical (unpaired) electrons. The van der Waals surface area contributed by atoms with E-state index in [0.29, 0.717) is 11.7 Å². The number of hydrogen-bond acceptors (Lipinski definition) is 4. The fourth-order valence-corrected chi connectivity index (χ4v) is 3.30. The lowest BCUT2D eigenvalue weighted by Crippen LogP contribution is -2.14. The summed E-state index contributed by atoms with van der Waals surface area (Å²) in [4.78, 5) is 3.79. The first-order valence-electron chi connectivity index (χ1n) is 6.15. The highest BCUT2D eigenvalue weighted by molar-refractivity contribution is 7.92. The number of pyridine rings is 1. The normalized spacial score (nSPS) is 15.3. The highest BCUT2D eigenvalue weighted by Crippen LogP contribution is 2.41. The number of aromatic amines is 1. The average molecular weight is 313 g/mol. The smallest absolute Gasteiger partial charge is 0.264 e. The third-order valence-electron chi connectivity index (χ3n) is 3.25. The van der Waals surface area contributed by atoms with Crippen LogP contribution in [0, 0.1) is 6.92 Å². The number of anilines is 1. The molecular weight excluding hydrogens is 300 g/mol. The third-order valence-corrected chi connectivity index (χ3v) is 4.77. The molecule has 106 valence electrons. The second kappa shape index (κ2) is 4.75. The Morgan fingerprint density at radius 2 is 2.15 bits per heavy atom. The highest BCUT2D eigenvalue weighted by Gasteiger charge is 2.29. The first-order valence-corrected chi connectivity index (χ1v) is 8.02. The van der Waals surface area contributed by atoms with E-state index in [4.69, 9.17) is 11.6 Å². The molecule has 1 aliphatic rings. The Hall–Kier alpha value is -1.60. The molecule has 8 heteroatoms. The molecule has 0 aromatic carbocycles. The molecule has 0 unspecified atom stereocenters. The van der Waals surface area contributed by atoms with Crippen molar-refractivity contribution in [3.63, 3.8) is 0 Å². The summed E-state index contributed by atoms with van der Waals surface area (Å²) in [6.07, 6.45) is 4.87. The van der Waals surface area contributed by atoms with Crippen molar-refractivity contribution in [1.82, 2.24) is 15.2 Å². The number of sulfonamides is 1. The SMILES string of the molecule is Cc1c(NS(=O)(=O)c2cncc(Cl)c2)n[nH]c1C1CC1. The molecular formula is C12H13ClN4O2S. The standard InChI is InChI=1S/C12H13ClN4O2S/c1-7-11(8-2-3-8)15-16-12(7)17-20(18,19)10-4-9(13)5-14-6-10/h4-6,8H,2-3H2,1H3,(H2,15,16,17). The highest BCUT2D eigenvalue weighted by atomic mass is 35.5. The van der Waals surface area contributed by atoms with E-state index < -0.39 is 10.0 Å². The topological polar surface area (TPSA) is 87.7 Å². The van der Waals surface area contributed by atoms with Crippen LogP contribution < -0.4 is 4.72 Å². The second-order valence-corrected chi connectivity index (χ2v) is 6.95. The van der Waals surface area contributed by atoms with Crippen molar-refractivity contribution in [2.75, 3.05) is 4.72 Å². The van der Waals surface area contributed by atoms with Crippen LogP contribution >= 0.6 is 11.6 Å². The first-order chi connectivity index (χ1) is 9.47. The monoisotopic (exact) mass is 312 g/mol. The van der Waals surface area contributed by atoms with Crippen LogP contribution in [0.1, 0.15) is 30.0 Å². The summed E-state index contributed by atoms with van der Waals surface area (Å²) >= 11 is 5.76. The van der Waals surface area contributed by atoms with Crippen molar-refractivity contribution in [2.45, 2.75) is 30.6 Å². The summed E-state index contributed by atoms with van der Waals surface area (Å²) in [5, 5.41) is 7.21. The predicted octanol–water partition coefficient (Wildman–Crippen LogP) is 2.44. The largest absolute Gasteiger partial charge is 0.280 e. The van der Waals surface area contributed by atoms with Crippen LogP contribution in [-0.2, 0) is 10.0 Å². The maximum atomic E-state index is 12.2. The van der Waals surface area contributed by atoms with Gasteiger partial charge in [-0.15, -0.1) is 0 Å². The van der Waals surface area contributed by atoms with Crippen LogP contribution in [0.2, 0.25) is 5.02 Å². The van der Waals surface area contributed by atoms with Crippen LogP contribution in [0.4, 0.5) is 5.82 Å². The molecule has 0 amide bonds. The molecule has 2 N–H and O–H groups in total.